The van der Waals surface area contributed by atoms with Gasteiger partial charge in [-0.05, 0) is 42.8 Å². The van der Waals surface area contributed by atoms with E-state index < -0.39 is 0 Å². The number of aromatic nitrogens is 4. The molecule has 2 aromatic heterocycles. The second kappa shape index (κ2) is 7.92. The second-order valence-electron chi connectivity index (χ2n) is 6.57. The van der Waals surface area contributed by atoms with E-state index in [0.29, 0.717) is 13.0 Å². The van der Waals surface area contributed by atoms with E-state index in [1.54, 1.807) is 18.7 Å². The van der Waals surface area contributed by atoms with Gasteiger partial charge in [0.05, 0.1) is 6.33 Å². The molecule has 0 spiro atoms. The third-order valence-electron chi connectivity index (χ3n) is 4.64. The van der Waals surface area contributed by atoms with Crippen LogP contribution in [0.3, 0.4) is 0 Å². The Morgan fingerprint density at radius 1 is 1.04 bits per heavy atom. The standard InChI is InChI=1S/C22H21N5O/c1-17-4-2-3-5-20(17)25-21(28)10-13-26-15-12-24-22(26)18-6-8-19(9-7-18)27-14-11-23-16-27/h2-9,11-12,14-16H,10,13H2,1H3,(H,25,28). The van der Waals surface area contributed by atoms with E-state index in [1.807, 2.05) is 77.0 Å². The minimum atomic E-state index is -0.00981. The molecule has 1 amide bonds. The molecule has 0 aliphatic heterocycles. The van der Waals surface area contributed by atoms with E-state index in [-0.39, 0.29) is 5.91 Å². The maximum atomic E-state index is 12.3. The summed E-state index contributed by atoms with van der Waals surface area (Å²) in [5.74, 6) is 0.838. The number of hydrogen-bond donors (Lipinski definition) is 1. The molecule has 0 aliphatic rings. The minimum Gasteiger partial charge on any atom is -0.330 e. The summed E-state index contributed by atoms with van der Waals surface area (Å²) in [4.78, 5) is 20.9. The average molecular weight is 371 g/mol. The van der Waals surface area contributed by atoms with Gasteiger partial charge in [-0.1, -0.05) is 18.2 Å². The van der Waals surface area contributed by atoms with Gasteiger partial charge in [-0.15, -0.1) is 0 Å². The maximum absolute atomic E-state index is 12.3. The lowest BCUT2D eigenvalue weighted by Gasteiger charge is -2.10. The highest BCUT2D eigenvalue weighted by Gasteiger charge is 2.09. The second-order valence-corrected chi connectivity index (χ2v) is 6.57. The van der Waals surface area contributed by atoms with Gasteiger partial charge in [0, 0.05) is 54.7 Å². The summed E-state index contributed by atoms with van der Waals surface area (Å²) in [5.41, 5.74) is 3.95. The summed E-state index contributed by atoms with van der Waals surface area (Å²) >= 11 is 0. The molecule has 28 heavy (non-hydrogen) atoms. The topological polar surface area (TPSA) is 64.7 Å². The van der Waals surface area contributed by atoms with Crippen LogP contribution >= 0.6 is 0 Å². The van der Waals surface area contributed by atoms with Crippen molar-refractivity contribution in [1.82, 2.24) is 19.1 Å². The van der Waals surface area contributed by atoms with Gasteiger partial charge in [0.15, 0.2) is 0 Å². The van der Waals surface area contributed by atoms with Crippen molar-refractivity contribution in [3.8, 4) is 17.1 Å². The summed E-state index contributed by atoms with van der Waals surface area (Å²) in [7, 11) is 0. The van der Waals surface area contributed by atoms with E-state index in [9.17, 15) is 4.79 Å². The Balaban J connectivity index is 1.43. The van der Waals surface area contributed by atoms with Crippen LogP contribution in [0.2, 0.25) is 0 Å². The van der Waals surface area contributed by atoms with Crippen LogP contribution < -0.4 is 5.32 Å². The number of nitrogens with one attached hydrogen (secondary N) is 1. The number of nitrogens with zero attached hydrogens (tertiary/aromatic N) is 4. The number of benzene rings is 2. The monoisotopic (exact) mass is 371 g/mol. The number of imidazole rings is 2. The van der Waals surface area contributed by atoms with Crippen LogP contribution in [0.1, 0.15) is 12.0 Å². The zero-order chi connectivity index (χ0) is 19.3. The molecule has 0 bridgehead atoms. The van der Waals surface area contributed by atoms with Gasteiger partial charge >= 0.3 is 0 Å². The lowest BCUT2D eigenvalue weighted by Crippen LogP contribution is -2.15. The summed E-state index contributed by atoms with van der Waals surface area (Å²) in [5, 5.41) is 2.97. The van der Waals surface area contributed by atoms with E-state index >= 15 is 0 Å². The molecular weight excluding hydrogens is 350 g/mol. The first-order valence-corrected chi connectivity index (χ1v) is 9.16. The van der Waals surface area contributed by atoms with Crippen LogP contribution in [0.4, 0.5) is 5.69 Å². The number of para-hydroxylation sites is 1. The highest BCUT2D eigenvalue weighted by molar-refractivity contribution is 5.91. The lowest BCUT2D eigenvalue weighted by atomic mass is 10.2. The molecule has 0 atom stereocenters. The molecule has 0 aliphatic carbocycles. The molecule has 0 fully saturated rings. The number of anilines is 1. The lowest BCUT2D eigenvalue weighted by molar-refractivity contribution is -0.116. The largest absolute Gasteiger partial charge is 0.330 e. The SMILES string of the molecule is Cc1ccccc1NC(=O)CCn1ccnc1-c1ccc(-n2ccnc2)cc1. The molecule has 6 heteroatoms. The summed E-state index contributed by atoms with van der Waals surface area (Å²) < 4.78 is 3.95. The molecule has 0 radical (unpaired) electrons. The Morgan fingerprint density at radius 2 is 1.86 bits per heavy atom. The van der Waals surface area contributed by atoms with Crippen molar-refractivity contribution < 1.29 is 4.79 Å². The fraction of sp³-hybridized carbons (Fsp3) is 0.136. The van der Waals surface area contributed by atoms with E-state index in [2.05, 4.69) is 15.3 Å². The number of amides is 1. The third kappa shape index (κ3) is 3.86. The highest BCUT2D eigenvalue weighted by atomic mass is 16.1. The number of carbonyl (C=O) groups excluding carboxylic acids is 1. The normalized spacial score (nSPS) is 10.8. The smallest absolute Gasteiger partial charge is 0.226 e. The Morgan fingerprint density at radius 3 is 2.61 bits per heavy atom. The Labute approximate surface area is 163 Å². The Hall–Kier alpha value is -3.67. The van der Waals surface area contributed by atoms with Crippen molar-refractivity contribution in [2.24, 2.45) is 0 Å². The first kappa shape index (κ1) is 17.7. The maximum Gasteiger partial charge on any atom is 0.226 e. The molecule has 0 saturated carbocycles. The van der Waals surface area contributed by atoms with Crippen molar-refractivity contribution in [2.75, 3.05) is 5.32 Å². The molecule has 0 unspecified atom stereocenters. The number of rotatable bonds is 6. The van der Waals surface area contributed by atoms with Crippen LogP contribution in [-0.2, 0) is 11.3 Å². The van der Waals surface area contributed by atoms with Crippen LogP contribution in [0.5, 0.6) is 0 Å². The molecule has 140 valence electrons. The van der Waals surface area contributed by atoms with Gasteiger partial charge in [0.25, 0.3) is 0 Å². The third-order valence-corrected chi connectivity index (χ3v) is 4.64. The van der Waals surface area contributed by atoms with E-state index in [1.165, 1.54) is 0 Å². The Bertz CT molecular complexity index is 1060. The summed E-state index contributed by atoms with van der Waals surface area (Å²) in [6.07, 6.45) is 9.47. The van der Waals surface area contributed by atoms with Gasteiger partial charge in [-0.2, -0.15) is 0 Å². The Kier molecular flexibility index (Phi) is 5.01. The zero-order valence-corrected chi connectivity index (χ0v) is 15.6. The fourth-order valence-electron chi connectivity index (χ4n) is 3.09. The van der Waals surface area contributed by atoms with Crippen LogP contribution in [-0.4, -0.2) is 25.0 Å². The molecule has 1 N–H and O–H groups in total. The van der Waals surface area contributed by atoms with Crippen molar-refractivity contribution in [3.63, 3.8) is 0 Å². The number of hydrogen-bond acceptors (Lipinski definition) is 3. The predicted octanol–water partition coefficient (Wildman–Crippen LogP) is 4.07. The average Bonchev–Trinajstić information content (AvgIpc) is 3.40. The van der Waals surface area contributed by atoms with Crippen LogP contribution in [0.25, 0.3) is 17.1 Å². The molecule has 0 saturated heterocycles. The molecule has 6 nitrogen and oxygen atoms in total. The van der Waals surface area contributed by atoms with Gasteiger partial charge in [0.2, 0.25) is 5.91 Å². The van der Waals surface area contributed by atoms with Crippen molar-refractivity contribution in [3.05, 3.63) is 85.2 Å². The molecule has 2 aromatic carbocycles. The number of carbonyl (C=O) groups is 1. The minimum absolute atomic E-state index is 0.00981. The van der Waals surface area contributed by atoms with Crippen LogP contribution in [0.15, 0.2) is 79.6 Å². The first-order valence-electron chi connectivity index (χ1n) is 9.16. The van der Waals surface area contributed by atoms with Gasteiger partial charge in [-0.25, -0.2) is 9.97 Å². The molecular formula is C22H21N5O. The van der Waals surface area contributed by atoms with Crippen molar-refractivity contribution in [1.29, 1.82) is 0 Å². The number of aryl methyl sites for hydroxylation is 2. The fourth-order valence-corrected chi connectivity index (χ4v) is 3.09. The van der Waals surface area contributed by atoms with E-state index in [4.69, 9.17) is 0 Å². The molecule has 2 heterocycles. The quantitative estimate of drug-likeness (QED) is 0.556. The van der Waals surface area contributed by atoms with Crippen molar-refractivity contribution >= 4 is 11.6 Å². The van der Waals surface area contributed by atoms with Gasteiger partial charge < -0.3 is 14.5 Å². The highest BCUT2D eigenvalue weighted by Crippen LogP contribution is 2.20. The summed E-state index contributed by atoms with van der Waals surface area (Å²) in [6, 6.07) is 15.9. The van der Waals surface area contributed by atoms with Crippen molar-refractivity contribution in [2.45, 2.75) is 19.9 Å². The van der Waals surface area contributed by atoms with Gasteiger partial charge in [-0.3, -0.25) is 4.79 Å². The molecule has 4 rings (SSSR count). The summed E-state index contributed by atoms with van der Waals surface area (Å²) in [6.45, 7) is 2.55. The predicted molar refractivity (Wildman–Crippen MR) is 109 cm³/mol. The van der Waals surface area contributed by atoms with E-state index in [0.717, 1.165) is 28.3 Å². The zero-order valence-electron chi connectivity index (χ0n) is 15.6. The van der Waals surface area contributed by atoms with Crippen LogP contribution in [0, 0.1) is 6.92 Å². The van der Waals surface area contributed by atoms with Gasteiger partial charge in [0.1, 0.15) is 5.82 Å². The first-order chi connectivity index (χ1) is 13.7. The molecule has 4 aromatic rings.